The molecule has 1 saturated heterocycles. The first kappa shape index (κ1) is 12.4. The molecule has 0 spiro atoms. The molecule has 1 aliphatic rings. The Hall–Kier alpha value is 0.350. The highest BCUT2D eigenvalue weighted by Gasteiger charge is 2.31. The lowest BCUT2D eigenvalue weighted by atomic mass is 9.79. The van der Waals surface area contributed by atoms with Gasteiger partial charge in [0.25, 0.3) is 0 Å². The molecule has 1 rings (SSSR count). The highest BCUT2D eigenvalue weighted by atomic mass is 32.2. The fourth-order valence-corrected chi connectivity index (χ4v) is 4.13. The van der Waals surface area contributed by atoms with E-state index in [1.54, 1.807) is 0 Å². The summed E-state index contributed by atoms with van der Waals surface area (Å²) in [5.41, 5.74) is 0. The molecule has 0 aromatic rings. The number of thioether (sulfide) groups is 1. The van der Waals surface area contributed by atoms with Gasteiger partial charge in [0.15, 0.2) is 0 Å². The zero-order valence-corrected chi connectivity index (χ0v) is 11.1. The fourth-order valence-electron chi connectivity index (χ4n) is 2.83. The third-order valence-electron chi connectivity index (χ3n) is 3.59. The van der Waals surface area contributed by atoms with Crippen LogP contribution in [-0.2, 0) is 0 Å². The molecule has 0 bridgehead atoms. The molecule has 14 heavy (non-hydrogen) atoms. The zero-order chi connectivity index (χ0) is 10.6. The van der Waals surface area contributed by atoms with Gasteiger partial charge in [-0.3, -0.25) is 0 Å². The SMILES string of the molecule is CCCC(CC)C1CCSC(C)(C)C1. The van der Waals surface area contributed by atoms with E-state index in [4.69, 9.17) is 0 Å². The Morgan fingerprint density at radius 1 is 1.36 bits per heavy atom. The van der Waals surface area contributed by atoms with Crippen LogP contribution in [0.5, 0.6) is 0 Å². The van der Waals surface area contributed by atoms with Crippen molar-refractivity contribution in [3.8, 4) is 0 Å². The topological polar surface area (TPSA) is 0 Å². The number of hydrogen-bond acceptors (Lipinski definition) is 1. The second-order valence-corrected chi connectivity index (χ2v) is 7.12. The van der Waals surface area contributed by atoms with Gasteiger partial charge in [-0.2, -0.15) is 11.8 Å². The first-order valence-corrected chi connectivity index (χ1v) is 7.21. The average Bonchev–Trinajstić information content (AvgIpc) is 2.12. The van der Waals surface area contributed by atoms with Gasteiger partial charge in [-0.05, 0) is 30.4 Å². The van der Waals surface area contributed by atoms with Crippen molar-refractivity contribution >= 4 is 11.8 Å². The van der Waals surface area contributed by atoms with E-state index in [9.17, 15) is 0 Å². The average molecular weight is 214 g/mol. The maximum absolute atomic E-state index is 2.42. The normalized spacial score (nSPS) is 28.7. The van der Waals surface area contributed by atoms with Gasteiger partial charge in [0.05, 0.1) is 0 Å². The molecule has 1 aliphatic heterocycles. The van der Waals surface area contributed by atoms with Gasteiger partial charge in [0, 0.05) is 4.75 Å². The van der Waals surface area contributed by atoms with Crippen LogP contribution >= 0.6 is 11.8 Å². The smallest absolute Gasteiger partial charge is 0.0106 e. The largest absolute Gasteiger partial charge is 0.156 e. The predicted octanol–water partition coefficient (Wildman–Crippen LogP) is 4.73. The molecule has 1 fully saturated rings. The summed E-state index contributed by atoms with van der Waals surface area (Å²) >= 11 is 2.17. The second-order valence-electron chi connectivity index (χ2n) is 5.32. The fraction of sp³-hybridized carbons (Fsp3) is 1.00. The summed E-state index contributed by atoms with van der Waals surface area (Å²) in [6, 6.07) is 0. The summed E-state index contributed by atoms with van der Waals surface area (Å²) < 4.78 is 0.546. The summed E-state index contributed by atoms with van der Waals surface area (Å²) in [4.78, 5) is 0. The van der Waals surface area contributed by atoms with Crippen LogP contribution < -0.4 is 0 Å². The Bertz CT molecular complexity index is 163. The van der Waals surface area contributed by atoms with Crippen molar-refractivity contribution in [3.05, 3.63) is 0 Å². The molecule has 0 aromatic heterocycles. The van der Waals surface area contributed by atoms with Crippen LogP contribution in [0.2, 0.25) is 0 Å². The Morgan fingerprint density at radius 3 is 2.57 bits per heavy atom. The molecule has 0 N–H and O–H groups in total. The van der Waals surface area contributed by atoms with Crippen LogP contribution in [0.1, 0.15) is 59.8 Å². The number of rotatable bonds is 4. The van der Waals surface area contributed by atoms with Crippen molar-refractivity contribution in [1.29, 1.82) is 0 Å². The Morgan fingerprint density at radius 2 is 2.07 bits per heavy atom. The summed E-state index contributed by atoms with van der Waals surface area (Å²) in [5.74, 6) is 3.40. The monoisotopic (exact) mass is 214 g/mol. The van der Waals surface area contributed by atoms with Crippen LogP contribution in [0, 0.1) is 11.8 Å². The molecule has 2 atom stereocenters. The molecular weight excluding hydrogens is 188 g/mol. The Balaban J connectivity index is 2.49. The molecule has 0 radical (unpaired) electrons. The van der Waals surface area contributed by atoms with Crippen LogP contribution in [-0.4, -0.2) is 10.5 Å². The van der Waals surface area contributed by atoms with E-state index in [0.717, 1.165) is 11.8 Å². The van der Waals surface area contributed by atoms with Gasteiger partial charge in [-0.15, -0.1) is 0 Å². The van der Waals surface area contributed by atoms with E-state index < -0.39 is 0 Å². The molecule has 0 aliphatic carbocycles. The van der Waals surface area contributed by atoms with Crippen molar-refractivity contribution in [2.24, 2.45) is 11.8 Å². The minimum absolute atomic E-state index is 0.546. The highest BCUT2D eigenvalue weighted by Crippen LogP contribution is 2.43. The lowest BCUT2D eigenvalue weighted by Crippen LogP contribution is -2.30. The van der Waals surface area contributed by atoms with E-state index in [1.807, 2.05) is 0 Å². The molecule has 0 nitrogen and oxygen atoms in total. The van der Waals surface area contributed by atoms with Crippen molar-refractivity contribution in [2.45, 2.75) is 64.5 Å². The summed E-state index contributed by atoms with van der Waals surface area (Å²) in [6.07, 6.45) is 7.10. The molecule has 84 valence electrons. The van der Waals surface area contributed by atoms with Crippen molar-refractivity contribution in [2.75, 3.05) is 5.75 Å². The van der Waals surface area contributed by atoms with E-state index in [1.165, 1.54) is 37.9 Å². The third-order valence-corrected chi connectivity index (χ3v) is 4.97. The van der Waals surface area contributed by atoms with Gasteiger partial charge < -0.3 is 0 Å². The molecule has 2 unspecified atom stereocenters. The first-order chi connectivity index (χ1) is 6.59. The van der Waals surface area contributed by atoms with E-state index >= 15 is 0 Å². The third kappa shape index (κ3) is 3.49. The van der Waals surface area contributed by atoms with Crippen LogP contribution in [0.4, 0.5) is 0 Å². The maximum atomic E-state index is 2.42. The standard InChI is InChI=1S/C13H26S/c1-5-7-11(6-2)12-8-9-14-13(3,4)10-12/h11-12H,5-10H2,1-4H3. The van der Waals surface area contributed by atoms with Crippen LogP contribution in [0.25, 0.3) is 0 Å². The van der Waals surface area contributed by atoms with E-state index in [2.05, 4.69) is 39.5 Å². The molecule has 0 saturated carbocycles. The van der Waals surface area contributed by atoms with Gasteiger partial charge in [-0.1, -0.05) is 47.0 Å². The van der Waals surface area contributed by atoms with Gasteiger partial charge in [-0.25, -0.2) is 0 Å². The summed E-state index contributed by atoms with van der Waals surface area (Å²) in [6.45, 7) is 9.53. The van der Waals surface area contributed by atoms with Gasteiger partial charge >= 0.3 is 0 Å². The first-order valence-electron chi connectivity index (χ1n) is 6.23. The van der Waals surface area contributed by atoms with E-state index in [0.29, 0.717) is 4.75 Å². The lowest BCUT2D eigenvalue weighted by molar-refractivity contribution is 0.253. The van der Waals surface area contributed by atoms with Crippen molar-refractivity contribution in [1.82, 2.24) is 0 Å². The summed E-state index contributed by atoms with van der Waals surface area (Å²) in [7, 11) is 0. The zero-order valence-electron chi connectivity index (χ0n) is 10.3. The van der Waals surface area contributed by atoms with Crippen LogP contribution in [0.15, 0.2) is 0 Å². The second kappa shape index (κ2) is 5.44. The van der Waals surface area contributed by atoms with Gasteiger partial charge in [0.2, 0.25) is 0 Å². The lowest BCUT2D eigenvalue weighted by Gasteiger charge is -2.38. The molecule has 0 aromatic carbocycles. The molecular formula is C13H26S. The van der Waals surface area contributed by atoms with Crippen LogP contribution in [0.3, 0.4) is 0 Å². The molecule has 1 heterocycles. The minimum Gasteiger partial charge on any atom is -0.156 e. The Kier molecular flexibility index (Phi) is 4.82. The quantitative estimate of drug-likeness (QED) is 0.651. The number of hydrogen-bond donors (Lipinski definition) is 0. The summed E-state index contributed by atoms with van der Waals surface area (Å²) in [5, 5.41) is 0. The Labute approximate surface area is 94.2 Å². The van der Waals surface area contributed by atoms with Crippen molar-refractivity contribution < 1.29 is 0 Å². The minimum atomic E-state index is 0.546. The predicted molar refractivity (Wildman–Crippen MR) is 68.0 cm³/mol. The van der Waals surface area contributed by atoms with E-state index in [-0.39, 0.29) is 0 Å². The molecule has 0 amide bonds. The molecule has 1 heteroatoms. The van der Waals surface area contributed by atoms with Gasteiger partial charge in [0.1, 0.15) is 0 Å². The van der Waals surface area contributed by atoms with Crippen molar-refractivity contribution in [3.63, 3.8) is 0 Å². The maximum Gasteiger partial charge on any atom is 0.0106 e. The highest BCUT2D eigenvalue weighted by molar-refractivity contribution is 8.00.